The number of rotatable bonds is 7. The first-order chi connectivity index (χ1) is 14.1. The minimum Gasteiger partial charge on any atom is -0.349 e. The van der Waals surface area contributed by atoms with Crippen molar-refractivity contribution in [3.63, 3.8) is 0 Å². The van der Waals surface area contributed by atoms with Crippen LogP contribution in [0.1, 0.15) is 41.7 Å². The van der Waals surface area contributed by atoms with Gasteiger partial charge in [0.1, 0.15) is 0 Å². The Bertz CT molecular complexity index is 1040. The predicted molar refractivity (Wildman–Crippen MR) is 116 cm³/mol. The van der Waals surface area contributed by atoms with Crippen LogP contribution in [0, 0.1) is 0 Å². The Labute approximate surface area is 170 Å². The van der Waals surface area contributed by atoms with Crippen LogP contribution in [0.3, 0.4) is 0 Å². The molecule has 0 heterocycles. The number of hydrogen-bond acceptors (Lipinski definition) is 3. The Kier molecular flexibility index (Phi) is 5.58. The van der Waals surface area contributed by atoms with Crippen LogP contribution < -0.4 is 16.0 Å². The lowest BCUT2D eigenvalue weighted by molar-refractivity contribution is -0.115. The zero-order chi connectivity index (χ0) is 20.2. The van der Waals surface area contributed by atoms with E-state index < -0.39 is 0 Å². The van der Waals surface area contributed by atoms with Crippen LogP contribution in [-0.2, 0) is 4.79 Å². The van der Waals surface area contributed by atoms with E-state index in [1.807, 2.05) is 25.1 Å². The molecule has 0 bridgehead atoms. The Balaban J connectivity index is 1.36. The van der Waals surface area contributed by atoms with Gasteiger partial charge in [0.15, 0.2) is 0 Å². The molecule has 1 atom stereocenters. The molecule has 1 aliphatic rings. The highest BCUT2D eigenvalue weighted by atomic mass is 16.2. The number of benzene rings is 3. The quantitative estimate of drug-likeness (QED) is 0.573. The van der Waals surface area contributed by atoms with Crippen molar-refractivity contribution in [1.82, 2.24) is 10.6 Å². The number of para-hydroxylation sites is 1. The first-order valence-electron chi connectivity index (χ1n) is 10.0. The van der Waals surface area contributed by atoms with E-state index in [1.165, 1.54) is 10.8 Å². The van der Waals surface area contributed by atoms with Gasteiger partial charge in [0, 0.05) is 12.1 Å². The molecule has 0 aliphatic heterocycles. The van der Waals surface area contributed by atoms with E-state index in [4.69, 9.17) is 0 Å². The van der Waals surface area contributed by atoms with Gasteiger partial charge in [-0.15, -0.1) is 0 Å². The molecule has 0 saturated heterocycles. The molecule has 5 heteroatoms. The maximum absolute atomic E-state index is 12.5. The summed E-state index contributed by atoms with van der Waals surface area (Å²) in [6, 6.07) is 21.9. The second kappa shape index (κ2) is 8.45. The number of amides is 2. The third-order valence-electron chi connectivity index (χ3n) is 5.20. The van der Waals surface area contributed by atoms with Crippen molar-refractivity contribution in [3.05, 3.63) is 77.9 Å². The maximum Gasteiger partial charge on any atom is 0.253 e. The maximum atomic E-state index is 12.5. The molecule has 0 radical (unpaired) electrons. The molecule has 148 valence electrons. The Morgan fingerprint density at radius 1 is 0.966 bits per heavy atom. The molecular weight excluding hydrogens is 362 g/mol. The molecule has 1 unspecified atom stereocenters. The molecular formula is C24H25N3O2. The van der Waals surface area contributed by atoms with E-state index >= 15 is 0 Å². The summed E-state index contributed by atoms with van der Waals surface area (Å²) in [7, 11) is 0. The van der Waals surface area contributed by atoms with Crippen molar-refractivity contribution in [2.45, 2.75) is 31.8 Å². The second-order valence-corrected chi connectivity index (χ2v) is 7.55. The lowest BCUT2D eigenvalue weighted by Gasteiger charge is -2.16. The van der Waals surface area contributed by atoms with Crippen LogP contribution in [0.15, 0.2) is 66.7 Å². The molecule has 4 rings (SSSR count). The van der Waals surface area contributed by atoms with Crippen molar-refractivity contribution < 1.29 is 9.59 Å². The highest BCUT2D eigenvalue weighted by Crippen LogP contribution is 2.22. The molecule has 0 spiro atoms. The van der Waals surface area contributed by atoms with Crippen LogP contribution in [0.2, 0.25) is 0 Å². The molecule has 3 aromatic carbocycles. The van der Waals surface area contributed by atoms with Crippen LogP contribution in [0.5, 0.6) is 0 Å². The minimum absolute atomic E-state index is 0.0266. The van der Waals surface area contributed by atoms with Gasteiger partial charge in [-0.05, 0) is 54.3 Å². The molecule has 5 nitrogen and oxygen atoms in total. The molecule has 0 aromatic heterocycles. The summed E-state index contributed by atoms with van der Waals surface area (Å²) in [6.45, 7) is 2.20. The lowest BCUT2D eigenvalue weighted by Crippen LogP contribution is -2.31. The highest BCUT2D eigenvalue weighted by Gasteiger charge is 2.25. The van der Waals surface area contributed by atoms with Crippen molar-refractivity contribution >= 4 is 28.3 Å². The van der Waals surface area contributed by atoms with Gasteiger partial charge >= 0.3 is 0 Å². The summed E-state index contributed by atoms with van der Waals surface area (Å²) in [5.41, 5.74) is 2.16. The summed E-state index contributed by atoms with van der Waals surface area (Å²) in [5.74, 6) is -0.315. The average molecular weight is 387 g/mol. The van der Waals surface area contributed by atoms with Gasteiger partial charge in [-0.1, -0.05) is 48.5 Å². The third-order valence-corrected chi connectivity index (χ3v) is 5.20. The Morgan fingerprint density at radius 2 is 1.69 bits per heavy atom. The van der Waals surface area contributed by atoms with Crippen molar-refractivity contribution in [2.24, 2.45) is 0 Å². The summed E-state index contributed by atoms with van der Waals surface area (Å²) >= 11 is 0. The van der Waals surface area contributed by atoms with Gasteiger partial charge in [0.25, 0.3) is 5.91 Å². The largest absolute Gasteiger partial charge is 0.349 e. The Hall–Kier alpha value is -3.18. The molecule has 2 amide bonds. The van der Waals surface area contributed by atoms with E-state index in [-0.39, 0.29) is 30.4 Å². The van der Waals surface area contributed by atoms with E-state index in [0.717, 1.165) is 18.4 Å². The van der Waals surface area contributed by atoms with Crippen LogP contribution in [-0.4, -0.2) is 24.4 Å². The van der Waals surface area contributed by atoms with Crippen molar-refractivity contribution in [1.29, 1.82) is 0 Å². The molecule has 29 heavy (non-hydrogen) atoms. The molecule has 1 saturated carbocycles. The van der Waals surface area contributed by atoms with E-state index in [9.17, 15) is 9.59 Å². The SMILES string of the molecule is CC(NCC(=O)Nc1ccccc1C(=O)NC1CC1)c1ccc2ccccc2c1. The summed E-state index contributed by atoms with van der Waals surface area (Å²) in [4.78, 5) is 24.8. The highest BCUT2D eigenvalue weighted by molar-refractivity contribution is 6.04. The van der Waals surface area contributed by atoms with Gasteiger partial charge in [-0.2, -0.15) is 0 Å². The van der Waals surface area contributed by atoms with E-state index in [2.05, 4.69) is 46.3 Å². The topological polar surface area (TPSA) is 70.2 Å². The number of anilines is 1. The molecule has 3 aromatic rings. The zero-order valence-corrected chi connectivity index (χ0v) is 16.4. The first-order valence-corrected chi connectivity index (χ1v) is 10.0. The fourth-order valence-corrected chi connectivity index (χ4v) is 3.32. The lowest BCUT2D eigenvalue weighted by atomic mass is 10.0. The smallest absolute Gasteiger partial charge is 0.253 e. The second-order valence-electron chi connectivity index (χ2n) is 7.55. The number of carbonyl (C=O) groups is 2. The van der Waals surface area contributed by atoms with Crippen molar-refractivity contribution in [3.8, 4) is 0 Å². The van der Waals surface area contributed by atoms with E-state index in [0.29, 0.717) is 11.3 Å². The van der Waals surface area contributed by atoms with Crippen LogP contribution in [0.25, 0.3) is 10.8 Å². The van der Waals surface area contributed by atoms with Crippen LogP contribution >= 0.6 is 0 Å². The van der Waals surface area contributed by atoms with Gasteiger partial charge in [-0.25, -0.2) is 0 Å². The van der Waals surface area contributed by atoms with Gasteiger partial charge < -0.3 is 16.0 Å². The zero-order valence-electron chi connectivity index (χ0n) is 16.4. The third kappa shape index (κ3) is 4.81. The predicted octanol–water partition coefficient (Wildman–Crippen LogP) is 4.02. The van der Waals surface area contributed by atoms with Gasteiger partial charge in [0.05, 0.1) is 17.8 Å². The fraction of sp³-hybridized carbons (Fsp3) is 0.250. The Morgan fingerprint density at radius 3 is 2.48 bits per heavy atom. The van der Waals surface area contributed by atoms with Crippen LogP contribution in [0.4, 0.5) is 5.69 Å². The average Bonchev–Trinajstić information content (AvgIpc) is 3.56. The van der Waals surface area contributed by atoms with Crippen molar-refractivity contribution in [2.75, 3.05) is 11.9 Å². The number of fused-ring (bicyclic) bond motifs is 1. The molecule has 3 N–H and O–H groups in total. The summed E-state index contributed by atoms with van der Waals surface area (Å²) in [5, 5.41) is 11.5. The molecule has 1 aliphatic carbocycles. The number of hydrogen-bond donors (Lipinski definition) is 3. The number of nitrogens with one attached hydrogen (secondary N) is 3. The van der Waals surface area contributed by atoms with Gasteiger partial charge in [0.2, 0.25) is 5.91 Å². The van der Waals surface area contributed by atoms with E-state index in [1.54, 1.807) is 18.2 Å². The first kappa shape index (κ1) is 19.2. The minimum atomic E-state index is -0.177. The monoisotopic (exact) mass is 387 g/mol. The normalized spacial score (nSPS) is 14.4. The summed E-state index contributed by atoms with van der Waals surface area (Å²) < 4.78 is 0. The standard InChI is InChI=1S/C24H25N3O2/c1-16(18-11-10-17-6-2-3-7-19(17)14-18)25-15-23(28)27-22-9-5-4-8-21(22)24(29)26-20-12-13-20/h2-11,14,16,20,25H,12-13,15H2,1H3,(H,26,29)(H,27,28). The molecule has 1 fully saturated rings. The van der Waals surface area contributed by atoms with Gasteiger partial charge in [-0.3, -0.25) is 9.59 Å². The fourth-order valence-electron chi connectivity index (χ4n) is 3.32. The summed E-state index contributed by atoms with van der Waals surface area (Å²) in [6.07, 6.45) is 2.05. The number of carbonyl (C=O) groups excluding carboxylic acids is 2.